The molecule has 5 nitrogen and oxygen atoms in total. The van der Waals surface area contributed by atoms with Crippen LogP contribution in [0.2, 0.25) is 0 Å². The van der Waals surface area contributed by atoms with Crippen molar-refractivity contribution in [3.8, 4) is 0 Å². The summed E-state index contributed by atoms with van der Waals surface area (Å²) in [7, 11) is 0. The highest BCUT2D eigenvalue weighted by molar-refractivity contribution is 5.78. The van der Waals surface area contributed by atoms with Crippen LogP contribution in [-0.2, 0) is 9.53 Å². The molecule has 0 aromatic rings. The Balaban J connectivity index is 2.48. The van der Waals surface area contributed by atoms with Crippen LogP contribution in [0.1, 0.15) is 26.7 Å². The van der Waals surface area contributed by atoms with E-state index in [0.29, 0.717) is 13.1 Å². The van der Waals surface area contributed by atoms with Gasteiger partial charge in [0.1, 0.15) is 0 Å². The van der Waals surface area contributed by atoms with Gasteiger partial charge in [-0.25, -0.2) is 4.79 Å². The molecule has 0 spiro atoms. The summed E-state index contributed by atoms with van der Waals surface area (Å²) in [6.45, 7) is 4.64. The van der Waals surface area contributed by atoms with E-state index in [1.807, 2.05) is 0 Å². The SMILES string of the molecule is CC(C)OC(=O)N1CCCC(C(N)=O)C1. The van der Waals surface area contributed by atoms with E-state index in [1.165, 1.54) is 0 Å². The van der Waals surface area contributed by atoms with Crippen molar-refractivity contribution < 1.29 is 14.3 Å². The number of ether oxygens (including phenoxy) is 1. The lowest BCUT2D eigenvalue weighted by Gasteiger charge is -2.30. The standard InChI is InChI=1S/C10H18N2O3/c1-7(2)15-10(14)12-5-3-4-8(6-12)9(11)13/h7-8H,3-6H2,1-2H3,(H2,11,13). The molecule has 2 N–H and O–H groups in total. The molecule has 0 aromatic heterocycles. The summed E-state index contributed by atoms with van der Waals surface area (Å²) in [6, 6.07) is 0. The van der Waals surface area contributed by atoms with Crippen LogP contribution in [0.4, 0.5) is 4.79 Å². The zero-order valence-corrected chi connectivity index (χ0v) is 9.23. The molecular formula is C10H18N2O3. The first kappa shape index (κ1) is 11.8. The Morgan fingerprint density at radius 3 is 2.67 bits per heavy atom. The molecule has 1 rings (SSSR count). The number of carbonyl (C=O) groups excluding carboxylic acids is 2. The minimum absolute atomic E-state index is 0.133. The summed E-state index contributed by atoms with van der Waals surface area (Å²) in [5.74, 6) is -0.560. The first-order valence-corrected chi connectivity index (χ1v) is 5.25. The van der Waals surface area contributed by atoms with E-state index in [0.717, 1.165) is 12.8 Å². The van der Waals surface area contributed by atoms with Gasteiger partial charge in [0.25, 0.3) is 0 Å². The van der Waals surface area contributed by atoms with Gasteiger partial charge in [0, 0.05) is 13.1 Å². The van der Waals surface area contributed by atoms with Crippen molar-refractivity contribution in [2.24, 2.45) is 11.7 Å². The third kappa shape index (κ3) is 3.42. The number of carbonyl (C=O) groups is 2. The molecule has 0 aliphatic carbocycles. The molecule has 5 heteroatoms. The first-order chi connectivity index (χ1) is 7.00. The Hall–Kier alpha value is -1.26. The highest BCUT2D eigenvalue weighted by Gasteiger charge is 2.27. The third-order valence-corrected chi connectivity index (χ3v) is 2.42. The van der Waals surface area contributed by atoms with Gasteiger partial charge >= 0.3 is 6.09 Å². The number of hydrogen-bond donors (Lipinski definition) is 1. The molecular weight excluding hydrogens is 196 g/mol. The number of piperidine rings is 1. The van der Waals surface area contributed by atoms with Crippen LogP contribution in [-0.4, -0.2) is 36.1 Å². The van der Waals surface area contributed by atoms with Crippen molar-refractivity contribution in [2.45, 2.75) is 32.8 Å². The maximum atomic E-state index is 11.5. The van der Waals surface area contributed by atoms with Crippen molar-refractivity contribution in [1.29, 1.82) is 0 Å². The van der Waals surface area contributed by atoms with E-state index in [4.69, 9.17) is 10.5 Å². The van der Waals surface area contributed by atoms with Gasteiger partial charge in [-0.3, -0.25) is 4.79 Å². The molecule has 1 aliphatic rings. The number of rotatable bonds is 2. The van der Waals surface area contributed by atoms with Gasteiger partial charge in [-0.15, -0.1) is 0 Å². The second kappa shape index (κ2) is 5.00. The largest absolute Gasteiger partial charge is 0.447 e. The molecule has 0 bridgehead atoms. The fourth-order valence-electron chi connectivity index (χ4n) is 1.65. The van der Waals surface area contributed by atoms with E-state index in [1.54, 1.807) is 18.7 Å². The fourth-order valence-corrected chi connectivity index (χ4v) is 1.65. The van der Waals surface area contributed by atoms with Gasteiger partial charge in [0.2, 0.25) is 5.91 Å². The van der Waals surface area contributed by atoms with Gasteiger partial charge in [-0.1, -0.05) is 0 Å². The van der Waals surface area contributed by atoms with Crippen LogP contribution in [0, 0.1) is 5.92 Å². The average molecular weight is 214 g/mol. The van der Waals surface area contributed by atoms with E-state index in [9.17, 15) is 9.59 Å². The Bertz CT molecular complexity index is 253. The van der Waals surface area contributed by atoms with Gasteiger partial charge in [-0.05, 0) is 26.7 Å². The summed E-state index contributed by atoms with van der Waals surface area (Å²) in [4.78, 5) is 24.1. The minimum atomic E-state index is -0.351. The monoisotopic (exact) mass is 214 g/mol. The second-order valence-electron chi connectivity index (χ2n) is 4.12. The van der Waals surface area contributed by atoms with Crippen LogP contribution >= 0.6 is 0 Å². The Morgan fingerprint density at radius 2 is 2.13 bits per heavy atom. The summed E-state index contributed by atoms with van der Waals surface area (Å²) in [5, 5.41) is 0. The molecule has 0 aromatic carbocycles. The van der Waals surface area contributed by atoms with Gasteiger partial charge in [-0.2, -0.15) is 0 Å². The van der Waals surface area contributed by atoms with Crippen LogP contribution in [0.15, 0.2) is 0 Å². The number of likely N-dealkylation sites (tertiary alicyclic amines) is 1. The maximum Gasteiger partial charge on any atom is 0.410 e. The Labute approximate surface area is 89.6 Å². The van der Waals surface area contributed by atoms with Crippen molar-refractivity contribution >= 4 is 12.0 Å². The number of hydrogen-bond acceptors (Lipinski definition) is 3. The molecule has 2 amide bonds. The van der Waals surface area contributed by atoms with Crippen molar-refractivity contribution in [3.05, 3.63) is 0 Å². The number of primary amides is 1. The highest BCUT2D eigenvalue weighted by Crippen LogP contribution is 2.16. The lowest BCUT2D eigenvalue weighted by Crippen LogP contribution is -2.44. The minimum Gasteiger partial charge on any atom is -0.447 e. The molecule has 86 valence electrons. The molecule has 1 aliphatic heterocycles. The van der Waals surface area contributed by atoms with E-state index >= 15 is 0 Å². The fraction of sp³-hybridized carbons (Fsp3) is 0.800. The van der Waals surface area contributed by atoms with Crippen molar-refractivity contribution in [1.82, 2.24) is 4.90 Å². The van der Waals surface area contributed by atoms with Gasteiger partial charge in [0.15, 0.2) is 0 Å². The molecule has 15 heavy (non-hydrogen) atoms. The first-order valence-electron chi connectivity index (χ1n) is 5.25. The molecule has 1 atom stereocenters. The van der Waals surface area contributed by atoms with Crippen molar-refractivity contribution in [3.63, 3.8) is 0 Å². The topological polar surface area (TPSA) is 72.6 Å². The maximum absolute atomic E-state index is 11.5. The van der Waals surface area contributed by atoms with E-state index in [-0.39, 0.29) is 24.0 Å². The van der Waals surface area contributed by atoms with E-state index < -0.39 is 0 Å². The smallest absolute Gasteiger partial charge is 0.410 e. The average Bonchev–Trinajstić information content (AvgIpc) is 2.17. The van der Waals surface area contributed by atoms with Crippen LogP contribution in [0.25, 0.3) is 0 Å². The number of amides is 2. The predicted molar refractivity (Wildman–Crippen MR) is 55.1 cm³/mol. The summed E-state index contributed by atoms with van der Waals surface area (Å²) in [5.41, 5.74) is 5.21. The predicted octanol–water partition coefficient (Wildman–Crippen LogP) is 0.729. The number of nitrogens with two attached hydrogens (primary N) is 1. The second-order valence-corrected chi connectivity index (χ2v) is 4.12. The summed E-state index contributed by atoms with van der Waals surface area (Å²) >= 11 is 0. The Morgan fingerprint density at radius 1 is 1.47 bits per heavy atom. The lowest BCUT2D eigenvalue weighted by atomic mass is 9.98. The number of nitrogens with zero attached hydrogens (tertiary/aromatic N) is 1. The molecule has 1 heterocycles. The summed E-state index contributed by atoms with van der Waals surface area (Å²) in [6.07, 6.45) is 1.09. The molecule has 1 saturated heterocycles. The third-order valence-electron chi connectivity index (χ3n) is 2.42. The van der Waals surface area contributed by atoms with E-state index in [2.05, 4.69) is 0 Å². The van der Waals surface area contributed by atoms with Crippen LogP contribution in [0.3, 0.4) is 0 Å². The Kier molecular flexibility index (Phi) is 3.94. The van der Waals surface area contributed by atoms with Crippen molar-refractivity contribution in [2.75, 3.05) is 13.1 Å². The van der Waals surface area contributed by atoms with Crippen LogP contribution in [0.5, 0.6) is 0 Å². The zero-order chi connectivity index (χ0) is 11.4. The molecule has 1 fully saturated rings. The summed E-state index contributed by atoms with van der Waals surface area (Å²) < 4.78 is 5.05. The zero-order valence-electron chi connectivity index (χ0n) is 9.23. The highest BCUT2D eigenvalue weighted by atomic mass is 16.6. The quantitative estimate of drug-likeness (QED) is 0.736. The normalized spacial score (nSPS) is 21.5. The lowest BCUT2D eigenvalue weighted by molar-refractivity contribution is -0.123. The van der Waals surface area contributed by atoms with Crippen LogP contribution < -0.4 is 5.73 Å². The van der Waals surface area contributed by atoms with Gasteiger partial charge in [0.05, 0.1) is 12.0 Å². The van der Waals surface area contributed by atoms with Gasteiger partial charge < -0.3 is 15.4 Å². The molecule has 0 radical (unpaired) electrons. The molecule has 0 saturated carbocycles. The molecule has 1 unspecified atom stereocenters.